The van der Waals surface area contributed by atoms with E-state index in [9.17, 15) is 4.79 Å². The van der Waals surface area contributed by atoms with E-state index < -0.39 is 0 Å². The van der Waals surface area contributed by atoms with Crippen molar-refractivity contribution in [3.8, 4) is 6.07 Å². The number of rotatable bonds is 6. The van der Waals surface area contributed by atoms with Gasteiger partial charge in [-0.25, -0.2) is 5.48 Å². The molecule has 0 radical (unpaired) electrons. The Kier molecular flexibility index (Phi) is 5.67. The van der Waals surface area contributed by atoms with E-state index in [1.54, 1.807) is 0 Å². The number of carbonyl (C=O) groups is 1. The summed E-state index contributed by atoms with van der Waals surface area (Å²) in [6.45, 7) is 4.19. The number of hydrogen-bond acceptors (Lipinski definition) is 4. The molecular formula is C21H23N3O2. The van der Waals surface area contributed by atoms with Crippen molar-refractivity contribution in [1.29, 1.82) is 5.26 Å². The first-order chi connectivity index (χ1) is 12.6. The van der Waals surface area contributed by atoms with Gasteiger partial charge in [-0.1, -0.05) is 67.6 Å². The molecule has 1 aliphatic rings. The second-order valence-electron chi connectivity index (χ2n) is 6.90. The van der Waals surface area contributed by atoms with Crippen LogP contribution in [-0.2, 0) is 21.6 Å². The molecule has 0 unspecified atom stereocenters. The molecule has 3 rings (SSSR count). The van der Waals surface area contributed by atoms with Crippen molar-refractivity contribution in [1.82, 2.24) is 10.4 Å². The number of hydroxylamine groups is 1. The summed E-state index contributed by atoms with van der Waals surface area (Å²) in [4.78, 5) is 20.0. The van der Waals surface area contributed by atoms with E-state index in [1.807, 2.05) is 42.5 Å². The molecule has 0 aliphatic carbocycles. The zero-order valence-electron chi connectivity index (χ0n) is 14.9. The maximum atomic E-state index is 12.7. The van der Waals surface area contributed by atoms with Gasteiger partial charge in [0.25, 0.3) is 0 Å². The molecule has 1 aliphatic heterocycles. The van der Waals surface area contributed by atoms with Crippen molar-refractivity contribution >= 4 is 5.91 Å². The molecule has 0 saturated carbocycles. The largest absolute Gasteiger partial charge is 0.297 e. The van der Waals surface area contributed by atoms with Crippen LogP contribution in [0.15, 0.2) is 60.7 Å². The van der Waals surface area contributed by atoms with Crippen molar-refractivity contribution in [3.05, 3.63) is 71.8 Å². The maximum absolute atomic E-state index is 12.7. The van der Waals surface area contributed by atoms with Crippen LogP contribution in [-0.4, -0.2) is 30.5 Å². The highest BCUT2D eigenvalue weighted by Gasteiger charge is 2.47. The molecular weight excluding hydrogens is 326 g/mol. The second-order valence-corrected chi connectivity index (χ2v) is 6.90. The van der Waals surface area contributed by atoms with Gasteiger partial charge >= 0.3 is 0 Å². The van der Waals surface area contributed by atoms with Gasteiger partial charge in [0.1, 0.15) is 0 Å². The highest BCUT2D eigenvalue weighted by Crippen LogP contribution is 2.39. The molecule has 5 heteroatoms. The van der Waals surface area contributed by atoms with Crippen LogP contribution in [0.4, 0.5) is 0 Å². The van der Waals surface area contributed by atoms with Gasteiger partial charge in [0.05, 0.1) is 12.0 Å². The van der Waals surface area contributed by atoms with Gasteiger partial charge in [-0.2, -0.15) is 5.26 Å². The van der Waals surface area contributed by atoms with E-state index in [0.717, 1.165) is 18.7 Å². The van der Waals surface area contributed by atoms with Crippen molar-refractivity contribution < 1.29 is 9.63 Å². The first kappa shape index (κ1) is 18.1. The number of benzene rings is 2. The van der Waals surface area contributed by atoms with Gasteiger partial charge < -0.3 is 0 Å². The Morgan fingerprint density at radius 1 is 1.23 bits per heavy atom. The van der Waals surface area contributed by atoms with Crippen LogP contribution in [0.25, 0.3) is 0 Å². The van der Waals surface area contributed by atoms with E-state index in [1.165, 1.54) is 5.56 Å². The summed E-state index contributed by atoms with van der Waals surface area (Å²) in [5.74, 6) is -0.436. The summed E-state index contributed by atoms with van der Waals surface area (Å²) in [6, 6.07) is 22.3. The second kappa shape index (κ2) is 8.13. The fraction of sp³-hybridized carbons (Fsp3) is 0.333. The SMILES string of the molecule is C[C@]1(c2ccccc2)CN(Cc2ccccc2)C[C@@H]1C(=O)NOCC#N. The Hall–Kier alpha value is -2.68. The molecule has 2 atom stereocenters. The Bertz CT molecular complexity index is 773. The van der Waals surface area contributed by atoms with Crippen molar-refractivity contribution in [2.24, 2.45) is 5.92 Å². The fourth-order valence-electron chi connectivity index (χ4n) is 3.76. The first-order valence-corrected chi connectivity index (χ1v) is 8.74. The van der Waals surface area contributed by atoms with Crippen LogP contribution in [0.2, 0.25) is 0 Å². The summed E-state index contributed by atoms with van der Waals surface area (Å²) in [5.41, 5.74) is 4.49. The van der Waals surface area contributed by atoms with E-state index in [-0.39, 0.29) is 23.8 Å². The van der Waals surface area contributed by atoms with Gasteiger partial charge in [0.15, 0.2) is 6.61 Å². The minimum atomic E-state index is -0.323. The average Bonchev–Trinajstić information content (AvgIpc) is 3.01. The normalized spacial score (nSPS) is 22.7. The van der Waals surface area contributed by atoms with Crippen molar-refractivity contribution in [2.45, 2.75) is 18.9 Å². The van der Waals surface area contributed by atoms with Gasteiger partial charge in [-0.3, -0.25) is 14.5 Å². The number of likely N-dealkylation sites (tertiary alicyclic amines) is 1. The van der Waals surface area contributed by atoms with Crippen LogP contribution in [0.1, 0.15) is 18.1 Å². The summed E-state index contributed by atoms with van der Waals surface area (Å²) in [7, 11) is 0. The number of nitrogens with one attached hydrogen (secondary N) is 1. The number of nitriles is 1. The minimum absolute atomic E-state index is 0.158. The first-order valence-electron chi connectivity index (χ1n) is 8.74. The van der Waals surface area contributed by atoms with E-state index >= 15 is 0 Å². The van der Waals surface area contributed by atoms with Crippen LogP contribution in [0, 0.1) is 17.2 Å². The molecule has 0 bridgehead atoms. The Morgan fingerprint density at radius 3 is 2.54 bits per heavy atom. The lowest BCUT2D eigenvalue weighted by Crippen LogP contribution is -2.42. The number of amides is 1. The molecule has 0 aromatic heterocycles. The predicted octanol–water partition coefficient (Wildman–Crippen LogP) is 2.65. The number of nitrogens with zero attached hydrogens (tertiary/aromatic N) is 2. The van der Waals surface area contributed by atoms with Crippen molar-refractivity contribution in [2.75, 3.05) is 19.7 Å². The van der Waals surface area contributed by atoms with Crippen LogP contribution < -0.4 is 5.48 Å². The summed E-state index contributed by atoms with van der Waals surface area (Å²) in [6.07, 6.45) is 0. The third kappa shape index (κ3) is 3.93. The van der Waals surface area contributed by atoms with E-state index in [0.29, 0.717) is 6.54 Å². The monoisotopic (exact) mass is 349 g/mol. The summed E-state index contributed by atoms with van der Waals surface area (Å²) >= 11 is 0. The van der Waals surface area contributed by atoms with Gasteiger partial charge in [-0.05, 0) is 11.1 Å². The molecule has 1 fully saturated rings. The van der Waals surface area contributed by atoms with Crippen LogP contribution >= 0.6 is 0 Å². The Labute approximate surface area is 154 Å². The maximum Gasteiger partial charge on any atom is 0.248 e. The topological polar surface area (TPSA) is 65.4 Å². The molecule has 5 nitrogen and oxygen atoms in total. The quantitative estimate of drug-likeness (QED) is 0.643. The minimum Gasteiger partial charge on any atom is -0.297 e. The zero-order chi connectivity index (χ0) is 18.4. The highest BCUT2D eigenvalue weighted by molar-refractivity contribution is 5.80. The summed E-state index contributed by atoms with van der Waals surface area (Å²) in [5, 5.41) is 8.60. The zero-order valence-corrected chi connectivity index (χ0v) is 14.9. The van der Waals surface area contributed by atoms with Gasteiger partial charge in [0.2, 0.25) is 5.91 Å². The third-order valence-corrected chi connectivity index (χ3v) is 5.07. The molecule has 2 aromatic carbocycles. The number of carbonyl (C=O) groups excluding carboxylic acids is 1. The van der Waals surface area contributed by atoms with Crippen LogP contribution in [0.3, 0.4) is 0 Å². The van der Waals surface area contributed by atoms with Crippen LogP contribution in [0.5, 0.6) is 0 Å². The van der Waals surface area contributed by atoms with Gasteiger partial charge in [-0.15, -0.1) is 0 Å². The van der Waals surface area contributed by atoms with E-state index in [4.69, 9.17) is 10.1 Å². The average molecular weight is 349 g/mol. The fourth-order valence-corrected chi connectivity index (χ4v) is 3.76. The van der Waals surface area contributed by atoms with E-state index in [2.05, 4.69) is 41.6 Å². The lowest BCUT2D eigenvalue weighted by molar-refractivity contribution is -0.137. The molecule has 2 aromatic rings. The molecule has 0 spiro atoms. The smallest absolute Gasteiger partial charge is 0.248 e. The molecule has 1 heterocycles. The molecule has 1 amide bonds. The summed E-state index contributed by atoms with van der Waals surface area (Å²) < 4.78 is 0. The molecule has 1 saturated heterocycles. The number of hydrogen-bond donors (Lipinski definition) is 1. The predicted molar refractivity (Wildman–Crippen MR) is 98.7 cm³/mol. The Balaban J connectivity index is 1.81. The molecule has 1 N–H and O–H groups in total. The highest BCUT2D eigenvalue weighted by atomic mass is 16.6. The Morgan fingerprint density at radius 2 is 1.88 bits per heavy atom. The lowest BCUT2D eigenvalue weighted by Gasteiger charge is -2.30. The molecule has 26 heavy (non-hydrogen) atoms. The van der Waals surface area contributed by atoms with Gasteiger partial charge in [0, 0.05) is 25.0 Å². The van der Waals surface area contributed by atoms with Crippen molar-refractivity contribution in [3.63, 3.8) is 0 Å². The standard InChI is InChI=1S/C21H23N3O2/c1-21(18-10-6-3-7-11-18)16-24(14-17-8-4-2-5-9-17)15-19(21)20(25)23-26-13-12-22/h2-11,19H,13-16H2,1H3,(H,23,25)/t19-,21-/m1/s1. The third-order valence-electron chi connectivity index (χ3n) is 5.07. The molecule has 134 valence electrons. The lowest BCUT2D eigenvalue weighted by atomic mass is 9.74.